The van der Waals surface area contributed by atoms with Crippen LogP contribution in [0.1, 0.15) is 44.8 Å². The van der Waals surface area contributed by atoms with Gasteiger partial charge in [0.2, 0.25) is 5.91 Å². The second-order valence-electron chi connectivity index (χ2n) is 7.12. The molecule has 1 heterocycles. The largest absolute Gasteiger partial charge is 0.452 e. The lowest BCUT2D eigenvalue weighted by atomic mass is 9.95. The van der Waals surface area contributed by atoms with Crippen molar-refractivity contribution in [1.29, 1.82) is 0 Å². The number of fused-ring (bicyclic) bond motifs is 3. The summed E-state index contributed by atoms with van der Waals surface area (Å²) in [5, 5.41) is 3.66. The van der Waals surface area contributed by atoms with Gasteiger partial charge in [0, 0.05) is 27.8 Å². The summed E-state index contributed by atoms with van der Waals surface area (Å²) >= 11 is 0. The van der Waals surface area contributed by atoms with Gasteiger partial charge in [-0.15, -0.1) is 0 Å². The summed E-state index contributed by atoms with van der Waals surface area (Å²) < 4.78 is 5.16. The van der Waals surface area contributed by atoms with E-state index in [2.05, 4.69) is 10.3 Å². The van der Waals surface area contributed by atoms with Gasteiger partial charge in [0.1, 0.15) is 0 Å². The monoisotopic (exact) mass is 391 g/mol. The highest BCUT2D eigenvalue weighted by atomic mass is 16.5. The zero-order valence-electron chi connectivity index (χ0n) is 15.8. The zero-order valence-corrected chi connectivity index (χ0v) is 15.8. The van der Waals surface area contributed by atoms with Crippen LogP contribution in [0.5, 0.6) is 0 Å². The van der Waals surface area contributed by atoms with Crippen molar-refractivity contribution in [3.63, 3.8) is 0 Å². The first kappa shape index (κ1) is 18.7. The van der Waals surface area contributed by atoms with Crippen molar-refractivity contribution < 1.29 is 19.1 Å². The number of rotatable bonds is 5. The second kappa shape index (κ2) is 7.79. The van der Waals surface area contributed by atoms with Crippen LogP contribution < -0.4 is 11.1 Å². The van der Waals surface area contributed by atoms with Crippen LogP contribution in [0, 0.1) is 0 Å². The van der Waals surface area contributed by atoms with Crippen molar-refractivity contribution >= 4 is 34.4 Å². The molecule has 7 heteroatoms. The maximum Gasteiger partial charge on any atom is 0.338 e. The number of anilines is 1. The fourth-order valence-corrected chi connectivity index (χ4v) is 3.66. The van der Waals surface area contributed by atoms with E-state index in [1.54, 1.807) is 18.2 Å². The van der Waals surface area contributed by atoms with Crippen LogP contribution in [0.3, 0.4) is 0 Å². The van der Waals surface area contributed by atoms with E-state index in [0.29, 0.717) is 16.8 Å². The molecule has 2 aromatic carbocycles. The van der Waals surface area contributed by atoms with Crippen LogP contribution >= 0.6 is 0 Å². The third-order valence-electron chi connectivity index (χ3n) is 5.12. The fraction of sp³-hybridized carbons (Fsp3) is 0.227. The Balaban J connectivity index is 1.39. The number of nitrogens with one attached hydrogen (secondary N) is 2. The lowest BCUT2D eigenvalue weighted by Gasteiger charge is -2.10. The Kier molecular flexibility index (Phi) is 5.03. The van der Waals surface area contributed by atoms with Crippen LogP contribution in [0.2, 0.25) is 0 Å². The summed E-state index contributed by atoms with van der Waals surface area (Å²) in [6.07, 6.45) is 4.36. The summed E-state index contributed by atoms with van der Waals surface area (Å²) in [7, 11) is 0. The van der Waals surface area contributed by atoms with Crippen LogP contribution in [0.15, 0.2) is 42.5 Å². The van der Waals surface area contributed by atoms with Crippen molar-refractivity contribution in [3.8, 4) is 0 Å². The number of H-pyrrole nitrogens is 1. The first-order valence-corrected chi connectivity index (χ1v) is 9.51. The van der Waals surface area contributed by atoms with Crippen molar-refractivity contribution in [2.75, 3.05) is 11.9 Å². The Labute approximate surface area is 167 Å². The molecule has 0 unspecified atom stereocenters. The molecular formula is C22H21N3O4. The number of carbonyl (C=O) groups excluding carboxylic acids is 3. The molecule has 0 aliphatic heterocycles. The van der Waals surface area contributed by atoms with E-state index < -0.39 is 24.4 Å². The Morgan fingerprint density at radius 3 is 2.48 bits per heavy atom. The van der Waals surface area contributed by atoms with Gasteiger partial charge < -0.3 is 20.8 Å². The number of hydrogen-bond donors (Lipinski definition) is 3. The van der Waals surface area contributed by atoms with E-state index in [1.165, 1.54) is 29.8 Å². The number of nitrogens with two attached hydrogens (primary N) is 1. The van der Waals surface area contributed by atoms with E-state index in [4.69, 9.17) is 10.5 Å². The number of aromatic amines is 1. The lowest BCUT2D eigenvalue weighted by Crippen LogP contribution is -2.21. The summed E-state index contributed by atoms with van der Waals surface area (Å²) in [6, 6.07) is 11.6. The molecule has 29 heavy (non-hydrogen) atoms. The number of ether oxygens (including phenoxy) is 1. The number of aromatic nitrogens is 1. The first-order chi connectivity index (χ1) is 14.0. The number of esters is 1. The third-order valence-corrected chi connectivity index (χ3v) is 5.12. The summed E-state index contributed by atoms with van der Waals surface area (Å²) in [5.74, 6) is -1.56. The molecule has 0 radical (unpaired) electrons. The van der Waals surface area contributed by atoms with Crippen LogP contribution in [-0.2, 0) is 22.4 Å². The zero-order chi connectivity index (χ0) is 20.4. The third kappa shape index (κ3) is 3.99. The average Bonchev–Trinajstić information content (AvgIpc) is 3.10. The second-order valence-corrected chi connectivity index (χ2v) is 7.12. The number of primary amides is 1. The van der Waals surface area contributed by atoms with Gasteiger partial charge >= 0.3 is 5.97 Å². The Hall–Kier alpha value is -3.61. The van der Waals surface area contributed by atoms with E-state index in [-0.39, 0.29) is 0 Å². The molecule has 0 saturated heterocycles. The Morgan fingerprint density at radius 2 is 1.72 bits per heavy atom. The molecule has 1 aromatic heterocycles. The van der Waals surface area contributed by atoms with E-state index >= 15 is 0 Å². The molecule has 0 saturated carbocycles. The van der Waals surface area contributed by atoms with Gasteiger partial charge in [0.15, 0.2) is 6.61 Å². The fourth-order valence-electron chi connectivity index (χ4n) is 3.66. The van der Waals surface area contributed by atoms with Crippen molar-refractivity contribution in [2.45, 2.75) is 25.7 Å². The van der Waals surface area contributed by atoms with E-state index in [1.807, 2.05) is 12.1 Å². The van der Waals surface area contributed by atoms with Gasteiger partial charge in [-0.05, 0) is 73.7 Å². The number of carbonyl (C=O) groups is 3. The molecule has 0 bridgehead atoms. The SMILES string of the molecule is NC(=O)c1ccc(NC(=O)COC(=O)c2ccc3[nH]c4c(c3c2)CCCC4)cc1. The molecule has 148 valence electrons. The minimum absolute atomic E-state index is 0.344. The molecular weight excluding hydrogens is 370 g/mol. The van der Waals surface area contributed by atoms with Gasteiger partial charge in [0.05, 0.1) is 5.56 Å². The van der Waals surface area contributed by atoms with Gasteiger partial charge in [0.25, 0.3) is 5.91 Å². The van der Waals surface area contributed by atoms with Crippen LogP contribution in [0.4, 0.5) is 5.69 Å². The lowest BCUT2D eigenvalue weighted by molar-refractivity contribution is -0.119. The summed E-state index contributed by atoms with van der Waals surface area (Å²) in [5.41, 5.74) is 9.97. The van der Waals surface area contributed by atoms with Crippen LogP contribution in [0.25, 0.3) is 10.9 Å². The van der Waals surface area contributed by atoms with Crippen molar-refractivity contribution in [3.05, 3.63) is 64.8 Å². The highest BCUT2D eigenvalue weighted by Gasteiger charge is 2.17. The molecule has 4 N–H and O–H groups in total. The number of benzene rings is 2. The Morgan fingerprint density at radius 1 is 1.00 bits per heavy atom. The topological polar surface area (TPSA) is 114 Å². The standard InChI is InChI=1S/C22H21N3O4/c23-21(27)13-5-8-15(9-6-13)24-20(26)12-29-22(28)14-7-10-19-17(11-14)16-3-1-2-4-18(16)25-19/h5-11,25H,1-4,12H2,(H2,23,27)(H,24,26). The predicted molar refractivity (Wildman–Crippen MR) is 109 cm³/mol. The molecule has 1 aliphatic rings. The quantitative estimate of drug-likeness (QED) is 0.580. The average molecular weight is 391 g/mol. The van der Waals surface area contributed by atoms with Crippen molar-refractivity contribution in [1.82, 2.24) is 4.98 Å². The van der Waals surface area contributed by atoms with E-state index in [0.717, 1.165) is 30.2 Å². The molecule has 7 nitrogen and oxygen atoms in total. The molecule has 0 spiro atoms. The number of aryl methyl sites for hydroxylation is 2. The molecule has 4 rings (SSSR count). The Bertz CT molecular complexity index is 1100. The molecule has 1 aliphatic carbocycles. The molecule has 3 aromatic rings. The minimum Gasteiger partial charge on any atom is -0.452 e. The van der Waals surface area contributed by atoms with Gasteiger partial charge in [-0.3, -0.25) is 9.59 Å². The maximum absolute atomic E-state index is 12.4. The highest BCUT2D eigenvalue weighted by Crippen LogP contribution is 2.29. The molecule has 2 amide bonds. The number of amides is 2. The molecule has 0 fully saturated rings. The van der Waals surface area contributed by atoms with Gasteiger partial charge in [-0.2, -0.15) is 0 Å². The smallest absolute Gasteiger partial charge is 0.338 e. The van der Waals surface area contributed by atoms with Gasteiger partial charge in [-0.1, -0.05) is 0 Å². The van der Waals surface area contributed by atoms with Gasteiger partial charge in [-0.25, -0.2) is 4.79 Å². The minimum atomic E-state index is -0.545. The number of hydrogen-bond acceptors (Lipinski definition) is 4. The highest BCUT2D eigenvalue weighted by molar-refractivity contribution is 5.99. The maximum atomic E-state index is 12.4. The summed E-state index contributed by atoms with van der Waals surface area (Å²) in [4.78, 5) is 38.9. The van der Waals surface area contributed by atoms with Crippen LogP contribution in [-0.4, -0.2) is 29.4 Å². The normalized spacial score (nSPS) is 13.0. The predicted octanol–water partition coefficient (Wildman–Crippen LogP) is 2.94. The summed E-state index contributed by atoms with van der Waals surface area (Å²) in [6.45, 7) is -0.403. The van der Waals surface area contributed by atoms with Crippen molar-refractivity contribution in [2.24, 2.45) is 5.73 Å². The molecule has 0 atom stereocenters. The first-order valence-electron chi connectivity index (χ1n) is 9.51. The van der Waals surface area contributed by atoms with E-state index in [9.17, 15) is 14.4 Å².